The number of nitrogens with one attached hydrogen (secondary N) is 1. The highest BCUT2D eigenvalue weighted by Crippen LogP contribution is 2.35. The van der Waals surface area contributed by atoms with Gasteiger partial charge in [-0.2, -0.15) is 0 Å². The van der Waals surface area contributed by atoms with Gasteiger partial charge in [0.1, 0.15) is 11.2 Å². The fourth-order valence-corrected chi connectivity index (χ4v) is 3.60. The molecule has 0 saturated carbocycles. The minimum atomic E-state index is -1.65. The van der Waals surface area contributed by atoms with E-state index in [1.54, 1.807) is 25.5 Å². The first-order valence-electron chi connectivity index (χ1n) is 8.90. The van der Waals surface area contributed by atoms with Crippen molar-refractivity contribution < 1.29 is 14.4 Å². The lowest BCUT2D eigenvalue weighted by Gasteiger charge is -2.16. The lowest BCUT2D eigenvalue weighted by atomic mass is 9.97. The predicted octanol–water partition coefficient (Wildman–Crippen LogP) is 2.33. The highest BCUT2D eigenvalue weighted by atomic mass is 16.5. The van der Waals surface area contributed by atoms with Crippen LogP contribution in [0.25, 0.3) is 33.5 Å². The Balaban J connectivity index is 1.53. The standard InChI is InChI=1S/C20H17N5O3/c1-25-8-5-20(27,19(25)26)16-10-15(24-28-16)13-4-2-3-12(9-13)14-11-23-18-17(14)21-6-7-22-18/h2-4,6-7,9-11,27H,5,8H2,1H3,(H,22,23)/t20-/m0/s1. The van der Waals surface area contributed by atoms with Crippen molar-refractivity contribution in [2.24, 2.45) is 0 Å². The van der Waals surface area contributed by atoms with Gasteiger partial charge in [-0.1, -0.05) is 23.4 Å². The van der Waals surface area contributed by atoms with Crippen molar-refractivity contribution in [1.29, 1.82) is 0 Å². The SMILES string of the molecule is CN1CC[C@](O)(c2cc(-c3cccc(-c4c[nH]c5nccnc45)c3)no2)C1=O. The second-order valence-corrected chi connectivity index (χ2v) is 6.95. The van der Waals surface area contributed by atoms with Crippen molar-refractivity contribution in [1.82, 2.24) is 25.0 Å². The van der Waals surface area contributed by atoms with E-state index in [0.717, 1.165) is 27.9 Å². The second-order valence-electron chi connectivity index (χ2n) is 6.95. The highest BCUT2D eigenvalue weighted by molar-refractivity contribution is 5.91. The number of carbonyl (C=O) groups excluding carboxylic acids is 1. The number of H-pyrrole nitrogens is 1. The van der Waals surface area contributed by atoms with E-state index >= 15 is 0 Å². The number of nitrogens with zero attached hydrogens (tertiary/aromatic N) is 4. The van der Waals surface area contributed by atoms with Crippen molar-refractivity contribution in [3.8, 4) is 22.4 Å². The molecular weight excluding hydrogens is 358 g/mol. The first kappa shape index (κ1) is 16.6. The molecule has 2 N–H and O–H groups in total. The van der Waals surface area contributed by atoms with Crippen LogP contribution in [0.15, 0.2) is 53.4 Å². The molecule has 1 saturated heterocycles. The molecule has 8 nitrogen and oxygen atoms in total. The first-order chi connectivity index (χ1) is 13.6. The maximum Gasteiger partial charge on any atom is 0.262 e. The number of rotatable bonds is 3. The Bertz CT molecular complexity index is 1200. The molecule has 1 fully saturated rings. The largest absolute Gasteiger partial charge is 0.373 e. The van der Waals surface area contributed by atoms with Gasteiger partial charge < -0.3 is 19.5 Å². The fraction of sp³-hybridized carbons (Fsp3) is 0.200. The topological polar surface area (TPSA) is 108 Å². The zero-order valence-electron chi connectivity index (χ0n) is 15.1. The third-order valence-corrected chi connectivity index (χ3v) is 5.20. The van der Waals surface area contributed by atoms with E-state index in [1.807, 2.05) is 30.5 Å². The van der Waals surface area contributed by atoms with Gasteiger partial charge in [0.05, 0.1) is 0 Å². The van der Waals surface area contributed by atoms with Crippen LogP contribution in [0.5, 0.6) is 0 Å². The van der Waals surface area contributed by atoms with Crippen LogP contribution in [0.4, 0.5) is 0 Å². The second kappa shape index (κ2) is 6.00. The Hall–Kier alpha value is -3.52. The maximum atomic E-state index is 12.3. The smallest absolute Gasteiger partial charge is 0.262 e. The minimum absolute atomic E-state index is 0.167. The zero-order valence-corrected chi connectivity index (χ0v) is 15.1. The Kier molecular flexibility index (Phi) is 3.56. The van der Waals surface area contributed by atoms with Crippen LogP contribution in [0.1, 0.15) is 12.2 Å². The van der Waals surface area contributed by atoms with Crippen LogP contribution in [-0.2, 0) is 10.4 Å². The molecule has 0 spiro atoms. The molecule has 1 atom stereocenters. The number of hydrogen-bond acceptors (Lipinski definition) is 6. The van der Waals surface area contributed by atoms with Crippen LogP contribution in [0, 0.1) is 0 Å². The number of likely N-dealkylation sites (N-methyl/N-ethyl adjacent to an activating group) is 1. The summed E-state index contributed by atoms with van der Waals surface area (Å²) in [7, 11) is 1.66. The maximum absolute atomic E-state index is 12.3. The number of hydrogen-bond donors (Lipinski definition) is 2. The molecule has 3 aromatic heterocycles. The van der Waals surface area contributed by atoms with Crippen LogP contribution in [-0.4, -0.2) is 49.6 Å². The minimum Gasteiger partial charge on any atom is -0.373 e. The number of aliphatic hydroxyl groups is 1. The number of aromatic nitrogens is 4. The third kappa shape index (κ3) is 2.42. The van der Waals surface area contributed by atoms with Gasteiger partial charge in [-0.15, -0.1) is 0 Å². The van der Waals surface area contributed by atoms with E-state index < -0.39 is 5.60 Å². The molecule has 28 heavy (non-hydrogen) atoms. The van der Waals surface area contributed by atoms with Crippen molar-refractivity contribution in [3.63, 3.8) is 0 Å². The van der Waals surface area contributed by atoms with Crippen molar-refractivity contribution >= 4 is 17.1 Å². The normalized spacial score (nSPS) is 19.6. The molecular formula is C20H17N5O3. The Morgan fingerprint density at radius 3 is 2.86 bits per heavy atom. The van der Waals surface area contributed by atoms with E-state index in [2.05, 4.69) is 20.1 Å². The summed E-state index contributed by atoms with van der Waals surface area (Å²) in [6.07, 6.45) is 5.45. The summed E-state index contributed by atoms with van der Waals surface area (Å²) in [4.78, 5) is 25.5. The number of benzene rings is 1. The molecule has 1 aliphatic rings. The van der Waals surface area contributed by atoms with Crippen LogP contribution >= 0.6 is 0 Å². The molecule has 0 bridgehead atoms. The number of fused-ring (bicyclic) bond motifs is 1. The Morgan fingerprint density at radius 2 is 2.04 bits per heavy atom. The average molecular weight is 375 g/mol. The lowest BCUT2D eigenvalue weighted by Crippen LogP contribution is -2.35. The van der Waals surface area contributed by atoms with Gasteiger partial charge >= 0.3 is 0 Å². The summed E-state index contributed by atoms with van der Waals surface area (Å²) in [5, 5.41) is 14.8. The van der Waals surface area contributed by atoms with Crippen LogP contribution in [0.3, 0.4) is 0 Å². The molecule has 0 aliphatic carbocycles. The lowest BCUT2D eigenvalue weighted by molar-refractivity contribution is -0.144. The van der Waals surface area contributed by atoms with E-state index in [9.17, 15) is 9.90 Å². The van der Waals surface area contributed by atoms with E-state index in [-0.39, 0.29) is 18.1 Å². The molecule has 4 aromatic rings. The summed E-state index contributed by atoms with van der Waals surface area (Å²) >= 11 is 0. The summed E-state index contributed by atoms with van der Waals surface area (Å²) in [6.45, 7) is 0.475. The summed E-state index contributed by atoms with van der Waals surface area (Å²) < 4.78 is 5.35. The summed E-state index contributed by atoms with van der Waals surface area (Å²) in [5.41, 5.74) is 3.10. The first-order valence-corrected chi connectivity index (χ1v) is 8.90. The van der Waals surface area contributed by atoms with E-state index in [0.29, 0.717) is 12.2 Å². The zero-order chi connectivity index (χ0) is 19.3. The Labute approximate surface area is 159 Å². The van der Waals surface area contributed by atoms with Crippen LogP contribution < -0.4 is 0 Å². The molecule has 4 heterocycles. The molecule has 5 rings (SSSR count). The molecule has 1 aromatic carbocycles. The number of aromatic amines is 1. The van der Waals surface area contributed by atoms with Gasteiger partial charge in [0.15, 0.2) is 11.4 Å². The monoisotopic (exact) mass is 375 g/mol. The number of amides is 1. The van der Waals surface area contributed by atoms with Gasteiger partial charge in [-0.05, 0) is 11.6 Å². The van der Waals surface area contributed by atoms with E-state index in [4.69, 9.17) is 4.52 Å². The molecule has 8 heteroatoms. The van der Waals surface area contributed by atoms with E-state index in [1.165, 1.54) is 4.90 Å². The molecule has 1 aliphatic heterocycles. The van der Waals surface area contributed by atoms with Gasteiger partial charge in [0.2, 0.25) is 5.60 Å². The Morgan fingerprint density at radius 1 is 1.21 bits per heavy atom. The summed E-state index contributed by atoms with van der Waals surface area (Å²) in [5.74, 6) is -0.207. The fourth-order valence-electron chi connectivity index (χ4n) is 3.60. The van der Waals surface area contributed by atoms with Crippen LogP contribution in [0.2, 0.25) is 0 Å². The van der Waals surface area contributed by atoms with Crippen molar-refractivity contribution in [2.45, 2.75) is 12.0 Å². The van der Waals surface area contributed by atoms with Crippen molar-refractivity contribution in [2.75, 3.05) is 13.6 Å². The summed E-state index contributed by atoms with van der Waals surface area (Å²) in [6, 6.07) is 9.39. The molecule has 0 unspecified atom stereocenters. The molecule has 1 amide bonds. The third-order valence-electron chi connectivity index (χ3n) is 5.20. The number of carbonyl (C=O) groups is 1. The van der Waals surface area contributed by atoms with Gasteiger partial charge in [-0.3, -0.25) is 9.78 Å². The quantitative estimate of drug-likeness (QED) is 0.569. The number of likely N-dealkylation sites (tertiary alicyclic amines) is 1. The molecule has 140 valence electrons. The molecule has 0 radical (unpaired) electrons. The van der Waals surface area contributed by atoms with Crippen molar-refractivity contribution in [3.05, 3.63) is 54.7 Å². The predicted molar refractivity (Wildman–Crippen MR) is 101 cm³/mol. The highest BCUT2D eigenvalue weighted by Gasteiger charge is 2.48. The van der Waals surface area contributed by atoms with Gasteiger partial charge in [-0.25, -0.2) is 4.98 Å². The van der Waals surface area contributed by atoms with Gasteiger partial charge in [0.25, 0.3) is 5.91 Å². The van der Waals surface area contributed by atoms with Gasteiger partial charge in [0, 0.05) is 55.8 Å². The average Bonchev–Trinajstić information content (AvgIpc) is 3.44.